The Morgan fingerprint density at radius 2 is 2.10 bits per heavy atom. The molecule has 0 spiro atoms. The predicted octanol–water partition coefficient (Wildman–Crippen LogP) is 2.59. The van der Waals surface area contributed by atoms with Gasteiger partial charge in [0.2, 0.25) is 0 Å². The molecule has 2 N–H and O–H groups in total. The van der Waals surface area contributed by atoms with Crippen LogP contribution in [0.3, 0.4) is 0 Å². The molecule has 0 bridgehead atoms. The summed E-state index contributed by atoms with van der Waals surface area (Å²) in [7, 11) is 0. The van der Waals surface area contributed by atoms with Gasteiger partial charge in [-0.2, -0.15) is 4.98 Å². The van der Waals surface area contributed by atoms with Crippen LogP contribution in [0.4, 0.5) is 0 Å². The lowest BCUT2D eigenvalue weighted by Crippen LogP contribution is -2.03. The summed E-state index contributed by atoms with van der Waals surface area (Å²) in [6.07, 6.45) is 1.39. The zero-order valence-corrected chi connectivity index (χ0v) is 12.6. The second-order valence-corrected chi connectivity index (χ2v) is 5.71. The van der Waals surface area contributed by atoms with Crippen molar-refractivity contribution in [3.63, 3.8) is 0 Å². The van der Waals surface area contributed by atoms with Gasteiger partial charge in [-0.3, -0.25) is 0 Å². The summed E-state index contributed by atoms with van der Waals surface area (Å²) in [5.74, 6) is 1.20. The van der Waals surface area contributed by atoms with Gasteiger partial charge in [-0.1, -0.05) is 23.4 Å². The van der Waals surface area contributed by atoms with Gasteiger partial charge < -0.3 is 10.3 Å². The fourth-order valence-corrected chi connectivity index (χ4v) is 2.93. The lowest BCUT2D eigenvalue weighted by Gasteiger charge is -2.03. The molecule has 2 aromatic heterocycles. The molecule has 0 radical (unpaired) electrons. The number of thiazole rings is 1. The third-order valence-corrected chi connectivity index (χ3v) is 4.07. The van der Waals surface area contributed by atoms with Crippen molar-refractivity contribution in [1.82, 2.24) is 15.1 Å². The highest BCUT2D eigenvalue weighted by Crippen LogP contribution is 2.23. The normalized spacial score (nSPS) is 11.0. The van der Waals surface area contributed by atoms with Crippen molar-refractivity contribution >= 4 is 11.3 Å². The quantitative estimate of drug-likeness (QED) is 0.783. The zero-order valence-electron chi connectivity index (χ0n) is 11.7. The number of hydrogen-bond acceptors (Lipinski definition) is 6. The molecule has 0 fully saturated rings. The summed E-state index contributed by atoms with van der Waals surface area (Å²) < 4.78 is 5.39. The van der Waals surface area contributed by atoms with Crippen LogP contribution < -0.4 is 5.73 Å². The van der Waals surface area contributed by atoms with E-state index in [9.17, 15) is 0 Å². The number of aryl methyl sites for hydroxylation is 1. The number of nitrogens with zero attached hydrogens (tertiary/aromatic N) is 3. The van der Waals surface area contributed by atoms with Crippen molar-refractivity contribution in [3.8, 4) is 11.5 Å². The van der Waals surface area contributed by atoms with Crippen LogP contribution in [0.15, 0.2) is 34.2 Å². The molecule has 0 atom stereocenters. The Bertz CT molecular complexity index is 735. The summed E-state index contributed by atoms with van der Waals surface area (Å²) >= 11 is 1.61. The average molecular weight is 300 g/mol. The van der Waals surface area contributed by atoms with E-state index in [1.54, 1.807) is 11.3 Å². The summed E-state index contributed by atoms with van der Waals surface area (Å²) in [4.78, 5) is 8.89. The van der Waals surface area contributed by atoms with E-state index in [0.717, 1.165) is 28.2 Å². The standard InChI is InChI=1S/C15H16N4OS/c1-10-9-21-14(17-10)8-13-18-15(20-19-13)12-5-3-2-4-11(12)6-7-16/h2-5,9H,6-8,16H2,1H3. The molecule has 6 heteroatoms. The van der Waals surface area contributed by atoms with Gasteiger partial charge in [0.1, 0.15) is 5.01 Å². The molecule has 0 aliphatic heterocycles. The van der Waals surface area contributed by atoms with Gasteiger partial charge in [-0.15, -0.1) is 11.3 Å². The Morgan fingerprint density at radius 1 is 1.24 bits per heavy atom. The van der Waals surface area contributed by atoms with Crippen LogP contribution in [0, 0.1) is 6.92 Å². The molecule has 108 valence electrons. The molecule has 0 saturated heterocycles. The van der Waals surface area contributed by atoms with Crippen LogP contribution in [0.2, 0.25) is 0 Å². The summed E-state index contributed by atoms with van der Waals surface area (Å²) in [6.45, 7) is 2.57. The second kappa shape index (κ2) is 6.15. The van der Waals surface area contributed by atoms with Gasteiger partial charge >= 0.3 is 0 Å². The highest BCUT2D eigenvalue weighted by molar-refractivity contribution is 7.09. The first-order valence-electron chi connectivity index (χ1n) is 6.78. The van der Waals surface area contributed by atoms with Crippen LogP contribution in [0.1, 0.15) is 22.1 Å². The molecule has 2 heterocycles. The number of hydrogen-bond donors (Lipinski definition) is 1. The first kappa shape index (κ1) is 13.9. The Labute approximate surface area is 126 Å². The predicted molar refractivity (Wildman–Crippen MR) is 82.1 cm³/mol. The van der Waals surface area contributed by atoms with Gasteiger partial charge in [0.25, 0.3) is 5.89 Å². The molecule has 0 aliphatic carbocycles. The van der Waals surface area contributed by atoms with Crippen molar-refractivity contribution in [1.29, 1.82) is 0 Å². The Hall–Kier alpha value is -2.05. The van der Waals surface area contributed by atoms with Gasteiger partial charge in [0.15, 0.2) is 5.82 Å². The van der Waals surface area contributed by atoms with Gasteiger partial charge in [0, 0.05) is 16.6 Å². The fraction of sp³-hybridized carbons (Fsp3) is 0.267. The van der Waals surface area contributed by atoms with Crippen LogP contribution in [0.25, 0.3) is 11.5 Å². The number of nitrogens with two attached hydrogens (primary N) is 1. The Morgan fingerprint density at radius 3 is 2.86 bits per heavy atom. The zero-order chi connectivity index (χ0) is 14.7. The minimum atomic E-state index is 0.544. The van der Waals surface area contributed by atoms with Gasteiger partial charge in [-0.05, 0) is 31.5 Å². The third-order valence-electron chi connectivity index (χ3n) is 3.11. The summed E-state index contributed by atoms with van der Waals surface area (Å²) in [5.41, 5.74) is 8.74. The maximum atomic E-state index is 5.64. The Balaban J connectivity index is 1.84. The molecule has 0 saturated carbocycles. The van der Waals surface area contributed by atoms with E-state index in [-0.39, 0.29) is 0 Å². The number of aromatic nitrogens is 3. The van der Waals surface area contributed by atoms with E-state index < -0.39 is 0 Å². The molecule has 0 aliphatic rings. The highest BCUT2D eigenvalue weighted by Gasteiger charge is 2.13. The van der Waals surface area contributed by atoms with E-state index in [1.165, 1.54) is 0 Å². The van der Waals surface area contributed by atoms with Crippen LogP contribution >= 0.6 is 11.3 Å². The lowest BCUT2D eigenvalue weighted by molar-refractivity contribution is 0.423. The van der Waals surface area contributed by atoms with E-state index in [0.29, 0.717) is 24.7 Å². The lowest BCUT2D eigenvalue weighted by atomic mass is 10.0. The summed E-state index contributed by atoms with van der Waals surface area (Å²) in [6, 6.07) is 7.97. The van der Waals surface area contributed by atoms with Crippen LogP contribution in [0.5, 0.6) is 0 Å². The summed E-state index contributed by atoms with van der Waals surface area (Å²) in [5, 5.41) is 7.06. The van der Waals surface area contributed by atoms with E-state index in [2.05, 4.69) is 15.1 Å². The molecule has 0 unspecified atom stereocenters. The monoisotopic (exact) mass is 300 g/mol. The largest absolute Gasteiger partial charge is 0.334 e. The minimum absolute atomic E-state index is 0.544. The molecular formula is C15H16N4OS. The Kier molecular flexibility index (Phi) is 4.08. The highest BCUT2D eigenvalue weighted by atomic mass is 32.1. The van der Waals surface area contributed by atoms with E-state index in [4.69, 9.17) is 10.3 Å². The maximum absolute atomic E-state index is 5.64. The molecule has 3 rings (SSSR count). The first-order valence-corrected chi connectivity index (χ1v) is 7.66. The van der Waals surface area contributed by atoms with Crippen molar-refractivity contribution < 1.29 is 4.52 Å². The number of benzene rings is 1. The molecule has 0 amide bonds. The smallest absolute Gasteiger partial charge is 0.258 e. The fourth-order valence-electron chi connectivity index (χ4n) is 2.16. The second-order valence-electron chi connectivity index (χ2n) is 4.77. The first-order chi connectivity index (χ1) is 10.3. The van der Waals surface area contributed by atoms with E-state index >= 15 is 0 Å². The topological polar surface area (TPSA) is 77.8 Å². The van der Waals surface area contributed by atoms with Crippen LogP contribution in [-0.2, 0) is 12.8 Å². The maximum Gasteiger partial charge on any atom is 0.258 e. The van der Waals surface area contributed by atoms with Crippen molar-refractivity contribution in [2.45, 2.75) is 19.8 Å². The molecule has 3 aromatic rings. The van der Waals surface area contributed by atoms with Crippen molar-refractivity contribution in [2.75, 3.05) is 6.54 Å². The van der Waals surface area contributed by atoms with Crippen molar-refractivity contribution in [2.24, 2.45) is 5.73 Å². The van der Waals surface area contributed by atoms with Crippen molar-refractivity contribution in [3.05, 3.63) is 51.7 Å². The molecule has 1 aromatic carbocycles. The SMILES string of the molecule is Cc1csc(Cc2noc(-c3ccccc3CCN)n2)n1. The van der Waals surface area contributed by atoms with Crippen LogP contribution in [-0.4, -0.2) is 21.7 Å². The molecular weight excluding hydrogens is 284 g/mol. The average Bonchev–Trinajstić information content (AvgIpc) is 3.10. The molecule has 21 heavy (non-hydrogen) atoms. The third kappa shape index (κ3) is 3.17. The number of rotatable bonds is 5. The van der Waals surface area contributed by atoms with Gasteiger partial charge in [-0.25, -0.2) is 4.98 Å². The minimum Gasteiger partial charge on any atom is -0.334 e. The van der Waals surface area contributed by atoms with Gasteiger partial charge in [0.05, 0.1) is 6.42 Å². The molecule has 5 nitrogen and oxygen atoms in total. The van der Waals surface area contributed by atoms with E-state index in [1.807, 2.05) is 36.6 Å².